The highest BCUT2D eigenvalue weighted by Crippen LogP contribution is 2.42. The van der Waals surface area contributed by atoms with E-state index in [4.69, 9.17) is 4.42 Å². The largest absolute Gasteiger partial charge is 0.455 e. The molecule has 0 aliphatic rings. The van der Waals surface area contributed by atoms with Crippen molar-refractivity contribution >= 4 is 10.8 Å². The summed E-state index contributed by atoms with van der Waals surface area (Å²) in [5.74, 6) is 0.0492. The van der Waals surface area contributed by atoms with Crippen molar-refractivity contribution in [2.75, 3.05) is 0 Å². The van der Waals surface area contributed by atoms with E-state index in [1.54, 1.807) is 36.4 Å². The van der Waals surface area contributed by atoms with Gasteiger partial charge in [0.2, 0.25) is 0 Å². The quantitative estimate of drug-likeness (QED) is 0.392. The number of furan rings is 1. The summed E-state index contributed by atoms with van der Waals surface area (Å²) in [5.41, 5.74) is 0.259. The number of hydrogen-bond acceptors (Lipinski definition) is 1. The minimum Gasteiger partial charge on any atom is -0.455 e. The molecule has 0 amide bonds. The van der Waals surface area contributed by atoms with E-state index < -0.39 is 11.7 Å². The second kappa shape index (κ2) is 5.81. The molecule has 1 heterocycles. The van der Waals surface area contributed by atoms with Crippen LogP contribution in [-0.2, 0) is 6.18 Å². The van der Waals surface area contributed by atoms with E-state index in [1.807, 2.05) is 36.4 Å². The van der Waals surface area contributed by atoms with Gasteiger partial charge in [-0.05, 0) is 22.9 Å². The molecule has 0 atom stereocenters. The molecule has 4 aromatic rings. The van der Waals surface area contributed by atoms with Crippen molar-refractivity contribution < 1.29 is 17.6 Å². The monoisotopic (exact) mass is 338 g/mol. The second-order valence-corrected chi connectivity index (χ2v) is 5.78. The van der Waals surface area contributed by atoms with Crippen LogP contribution in [0, 0.1) is 0 Å². The zero-order valence-electron chi connectivity index (χ0n) is 13.0. The molecular formula is C21H13F3O. The number of benzene rings is 3. The van der Waals surface area contributed by atoms with Gasteiger partial charge in [0.05, 0.1) is 0 Å². The SMILES string of the molecule is FC(F)(F)c1cc(-c2ccc3ccccc3c2)oc1-c1ccccc1. The third-order valence-corrected chi connectivity index (χ3v) is 4.11. The van der Waals surface area contributed by atoms with Crippen molar-refractivity contribution in [1.29, 1.82) is 0 Å². The van der Waals surface area contributed by atoms with Gasteiger partial charge in [-0.1, -0.05) is 66.7 Å². The van der Waals surface area contributed by atoms with Crippen molar-refractivity contribution in [2.24, 2.45) is 0 Å². The fraction of sp³-hybridized carbons (Fsp3) is 0.0476. The lowest BCUT2D eigenvalue weighted by atomic mass is 10.0. The van der Waals surface area contributed by atoms with Gasteiger partial charge >= 0.3 is 6.18 Å². The smallest absolute Gasteiger partial charge is 0.420 e. The molecule has 1 nitrogen and oxygen atoms in total. The van der Waals surface area contributed by atoms with Crippen LogP contribution in [0.5, 0.6) is 0 Å². The van der Waals surface area contributed by atoms with Crippen molar-refractivity contribution in [3.63, 3.8) is 0 Å². The van der Waals surface area contributed by atoms with Crippen LogP contribution in [0.4, 0.5) is 13.2 Å². The van der Waals surface area contributed by atoms with Crippen LogP contribution in [0.2, 0.25) is 0 Å². The molecule has 0 fully saturated rings. The molecule has 0 aliphatic heterocycles. The maximum Gasteiger partial charge on any atom is 0.420 e. The van der Waals surface area contributed by atoms with Crippen molar-refractivity contribution in [1.82, 2.24) is 0 Å². The lowest BCUT2D eigenvalue weighted by molar-refractivity contribution is -0.137. The first-order valence-electron chi connectivity index (χ1n) is 7.78. The highest BCUT2D eigenvalue weighted by molar-refractivity contribution is 5.87. The first kappa shape index (κ1) is 15.5. The Morgan fingerprint density at radius 2 is 1.32 bits per heavy atom. The molecule has 0 N–H and O–H groups in total. The molecule has 25 heavy (non-hydrogen) atoms. The first-order chi connectivity index (χ1) is 12.0. The highest BCUT2D eigenvalue weighted by Gasteiger charge is 2.37. The summed E-state index contributed by atoms with van der Waals surface area (Å²) in [6.07, 6.45) is -4.48. The molecule has 4 rings (SSSR count). The Morgan fingerprint density at radius 1 is 0.640 bits per heavy atom. The van der Waals surface area contributed by atoms with E-state index in [1.165, 1.54) is 0 Å². The number of halogens is 3. The van der Waals surface area contributed by atoms with Crippen molar-refractivity contribution in [3.8, 4) is 22.6 Å². The number of hydrogen-bond donors (Lipinski definition) is 0. The van der Waals surface area contributed by atoms with Crippen molar-refractivity contribution in [2.45, 2.75) is 6.18 Å². The maximum atomic E-state index is 13.5. The molecule has 3 aromatic carbocycles. The number of rotatable bonds is 2. The summed E-state index contributed by atoms with van der Waals surface area (Å²) in [7, 11) is 0. The van der Waals surface area contributed by atoms with Crippen LogP contribution >= 0.6 is 0 Å². The van der Waals surface area contributed by atoms with Crippen LogP contribution in [0.25, 0.3) is 33.4 Å². The second-order valence-electron chi connectivity index (χ2n) is 5.78. The molecule has 0 radical (unpaired) electrons. The fourth-order valence-electron chi connectivity index (χ4n) is 2.89. The highest BCUT2D eigenvalue weighted by atomic mass is 19.4. The Hall–Kier alpha value is -3.01. The van der Waals surface area contributed by atoms with E-state index in [2.05, 4.69) is 0 Å². The maximum absolute atomic E-state index is 13.5. The van der Waals surface area contributed by atoms with Crippen LogP contribution in [0.1, 0.15) is 5.56 Å². The van der Waals surface area contributed by atoms with Gasteiger partial charge < -0.3 is 4.42 Å². The van der Waals surface area contributed by atoms with Gasteiger partial charge in [-0.3, -0.25) is 0 Å². The first-order valence-corrected chi connectivity index (χ1v) is 7.78. The topological polar surface area (TPSA) is 13.1 Å². The van der Waals surface area contributed by atoms with E-state index in [-0.39, 0.29) is 11.5 Å². The van der Waals surface area contributed by atoms with Crippen molar-refractivity contribution in [3.05, 3.63) is 84.4 Å². The predicted octanol–water partition coefficient (Wildman–Crippen LogP) is 6.79. The van der Waals surface area contributed by atoms with Gasteiger partial charge in [-0.2, -0.15) is 13.2 Å². The number of alkyl halides is 3. The fourth-order valence-corrected chi connectivity index (χ4v) is 2.89. The van der Waals surface area contributed by atoms with Gasteiger partial charge in [-0.25, -0.2) is 0 Å². The summed E-state index contributed by atoms with van der Waals surface area (Å²) in [6.45, 7) is 0. The zero-order chi connectivity index (χ0) is 17.4. The third-order valence-electron chi connectivity index (χ3n) is 4.11. The van der Waals surface area contributed by atoms with E-state index in [0.717, 1.165) is 16.8 Å². The van der Waals surface area contributed by atoms with E-state index in [0.29, 0.717) is 11.1 Å². The molecule has 1 aromatic heterocycles. The van der Waals surface area contributed by atoms with E-state index >= 15 is 0 Å². The van der Waals surface area contributed by atoms with Crippen LogP contribution in [0.3, 0.4) is 0 Å². The number of fused-ring (bicyclic) bond motifs is 1. The average Bonchev–Trinajstić information content (AvgIpc) is 3.08. The summed E-state index contributed by atoms with van der Waals surface area (Å²) in [4.78, 5) is 0. The Morgan fingerprint density at radius 3 is 2.04 bits per heavy atom. The molecule has 0 saturated carbocycles. The zero-order valence-corrected chi connectivity index (χ0v) is 13.0. The van der Waals surface area contributed by atoms with Gasteiger partial charge in [0, 0.05) is 11.1 Å². The predicted molar refractivity (Wildman–Crippen MR) is 92.1 cm³/mol. The molecule has 124 valence electrons. The minimum atomic E-state index is -4.48. The van der Waals surface area contributed by atoms with Gasteiger partial charge in [0.15, 0.2) is 0 Å². The van der Waals surface area contributed by atoms with Crippen LogP contribution in [-0.4, -0.2) is 0 Å². The van der Waals surface area contributed by atoms with Crippen LogP contribution in [0.15, 0.2) is 83.3 Å². The lowest BCUT2D eigenvalue weighted by Gasteiger charge is -2.06. The molecule has 0 bridgehead atoms. The lowest BCUT2D eigenvalue weighted by Crippen LogP contribution is -2.04. The normalized spacial score (nSPS) is 11.8. The molecule has 0 saturated heterocycles. The average molecular weight is 338 g/mol. The summed E-state index contributed by atoms with van der Waals surface area (Å²) in [6, 6.07) is 22.6. The Kier molecular flexibility index (Phi) is 3.61. The standard InChI is InChI=1S/C21H13F3O/c22-21(23,24)18-13-19(25-20(18)15-7-2-1-3-8-15)17-11-10-14-6-4-5-9-16(14)12-17/h1-13H. The Bertz CT molecular complexity index is 1030. The summed E-state index contributed by atoms with van der Waals surface area (Å²) >= 11 is 0. The molecule has 0 spiro atoms. The molecular weight excluding hydrogens is 325 g/mol. The Labute approximate surface area is 142 Å². The third kappa shape index (κ3) is 2.91. The van der Waals surface area contributed by atoms with Gasteiger partial charge in [-0.15, -0.1) is 0 Å². The molecule has 0 unspecified atom stereocenters. The molecule has 0 aliphatic carbocycles. The molecule has 4 heteroatoms. The van der Waals surface area contributed by atoms with Gasteiger partial charge in [0.25, 0.3) is 0 Å². The minimum absolute atomic E-state index is 0.156. The van der Waals surface area contributed by atoms with E-state index in [9.17, 15) is 13.2 Å². The summed E-state index contributed by atoms with van der Waals surface area (Å²) in [5, 5.41) is 1.98. The Balaban J connectivity index is 1.89. The van der Waals surface area contributed by atoms with Crippen LogP contribution < -0.4 is 0 Å². The van der Waals surface area contributed by atoms with Gasteiger partial charge in [0.1, 0.15) is 17.1 Å². The summed E-state index contributed by atoms with van der Waals surface area (Å²) < 4.78 is 46.0.